The molecular weight excluding hydrogens is 367 g/mol. The molecule has 0 aliphatic rings. The van der Waals surface area contributed by atoms with Gasteiger partial charge in [-0.25, -0.2) is 4.39 Å². The zero-order valence-corrected chi connectivity index (χ0v) is 14.9. The lowest BCUT2D eigenvalue weighted by molar-refractivity contribution is -0.113. The van der Waals surface area contributed by atoms with Gasteiger partial charge in [-0.2, -0.15) is 0 Å². The lowest BCUT2D eigenvalue weighted by Gasteiger charge is -2.04. The van der Waals surface area contributed by atoms with Gasteiger partial charge >= 0.3 is 0 Å². The van der Waals surface area contributed by atoms with Crippen LogP contribution in [0.25, 0.3) is 12.2 Å². The van der Waals surface area contributed by atoms with Gasteiger partial charge in [0.05, 0.1) is 5.75 Å². The summed E-state index contributed by atoms with van der Waals surface area (Å²) < 4.78 is 12.8. The molecule has 6 nitrogen and oxygen atoms in total. The Kier molecular flexibility index (Phi) is 6.11. The van der Waals surface area contributed by atoms with Gasteiger partial charge in [0.2, 0.25) is 5.91 Å². The van der Waals surface area contributed by atoms with Gasteiger partial charge in [0.15, 0.2) is 10.9 Å². The third kappa shape index (κ3) is 5.61. The number of anilines is 1. The average molecular weight is 382 g/mol. The van der Waals surface area contributed by atoms with Gasteiger partial charge < -0.3 is 5.32 Å². The van der Waals surface area contributed by atoms with Crippen molar-refractivity contribution >= 4 is 35.5 Å². The lowest BCUT2D eigenvalue weighted by Crippen LogP contribution is -2.17. The zero-order chi connectivity index (χ0) is 19.1. The maximum absolute atomic E-state index is 12.8. The second kappa shape index (κ2) is 8.91. The molecule has 2 N–H and O–H groups in total. The molecule has 0 fully saturated rings. The number of thioether (sulfide) groups is 1. The van der Waals surface area contributed by atoms with Crippen LogP contribution >= 0.6 is 11.8 Å². The van der Waals surface area contributed by atoms with E-state index >= 15 is 0 Å². The Labute approximate surface area is 158 Å². The first-order valence-electron chi connectivity index (χ1n) is 7.98. The van der Waals surface area contributed by atoms with Crippen LogP contribution in [-0.2, 0) is 4.79 Å². The maximum Gasteiger partial charge on any atom is 0.277 e. The molecule has 3 rings (SSSR count). The number of nitrogens with one attached hydrogen (secondary N) is 2. The van der Waals surface area contributed by atoms with Crippen molar-refractivity contribution in [3.05, 3.63) is 82.0 Å². The summed E-state index contributed by atoms with van der Waals surface area (Å²) in [5, 5.41) is 10.7. The van der Waals surface area contributed by atoms with Gasteiger partial charge in [0.1, 0.15) is 5.82 Å². The molecule has 0 bridgehead atoms. The summed E-state index contributed by atoms with van der Waals surface area (Å²) in [4.78, 5) is 26.6. The molecule has 0 saturated heterocycles. The fourth-order valence-electron chi connectivity index (χ4n) is 2.11. The van der Waals surface area contributed by atoms with Gasteiger partial charge in [0, 0.05) is 5.69 Å². The summed E-state index contributed by atoms with van der Waals surface area (Å²) in [7, 11) is 0. The van der Waals surface area contributed by atoms with Gasteiger partial charge in [-0.15, -0.1) is 10.2 Å². The van der Waals surface area contributed by atoms with Gasteiger partial charge in [0.25, 0.3) is 5.56 Å². The van der Waals surface area contributed by atoms with Crippen molar-refractivity contribution in [2.45, 2.75) is 5.16 Å². The minimum atomic E-state index is -0.390. The monoisotopic (exact) mass is 382 g/mol. The van der Waals surface area contributed by atoms with E-state index in [1.54, 1.807) is 12.2 Å². The van der Waals surface area contributed by atoms with Crippen LogP contribution in [0.3, 0.4) is 0 Å². The van der Waals surface area contributed by atoms with Crippen molar-refractivity contribution in [2.24, 2.45) is 0 Å². The molecule has 8 heteroatoms. The first-order chi connectivity index (χ1) is 13.1. The van der Waals surface area contributed by atoms with E-state index in [-0.39, 0.29) is 28.3 Å². The Bertz CT molecular complexity index is 1000. The van der Waals surface area contributed by atoms with Crippen molar-refractivity contribution in [2.75, 3.05) is 11.1 Å². The molecule has 136 valence electrons. The van der Waals surface area contributed by atoms with E-state index in [4.69, 9.17) is 0 Å². The average Bonchev–Trinajstić information content (AvgIpc) is 2.68. The van der Waals surface area contributed by atoms with Crippen LogP contribution in [0.15, 0.2) is 64.5 Å². The number of nitrogens with zero attached hydrogens (tertiary/aromatic N) is 2. The minimum absolute atomic E-state index is 0.0290. The van der Waals surface area contributed by atoms with E-state index in [1.807, 2.05) is 30.3 Å². The van der Waals surface area contributed by atoms with E-state index in [0.717, 1.165) is 17.3 Å². The van der Waals surface area contributed by atoms with Crippen molar-refractivity contribution in [3.8, 4) is 0 Å². The molecule has 1 amide bonds. The summed E-state index contributed by atoms with van der Waals surface area (Å²) in [5.74, 6) is -0.653. The van der Waals surface area contributed by atoms with Crippen molar-refractivity contribution in [3.63, 3.8) is 0 Å². The highest BCUT2D eigenvalue weighted by atomic mass is 32.2. The summed E-state index contributed by atoms with van der Waals surface area (Å²) >= 11 is 1.05. The van der Waals surface area contributed by atoms with Crippen LogP contribution in [0.4, 0.5) is 10.1 Å². The number of hydrogen-bond acceptors (Lipinski definition) is 5. The Hall–Kier alpha value is -3.26. The molecule has 0 aliphatic heterocycles. The van der Waals surface area contributed by atoms with Gasteiger partial charge in [-0.3, -0.25) is 14.6 Å². The number of amides is 1. The molecule has 2 aromatic carbocycles. The highest BCUT2D eigenvalue weighted by molar-refractivity contribution is 7.99. The highest BCUT2D eigenvalue weighted by Crippen LogP contribution is 2.13. The zero-order valence-electron chi connectivity index (χ0n) is 14.1. The first kappa shape index (κ1) is 18.5. The first-order valence-corrected chi connectivity index (χ1v) is 8.97. The van der Waals surface area contributed by atoms with E-state index in [1.165, 1.54) is 24.3 Å². The van der Waals surface area contributed by atoms with Crippen LogP contribution in [0, 0.1) is 5.82 Å². The van der Waals surface area contributed by atoms with Crippen LogP contribution < -0.4 is 10.9 Å². The number of H-pyrrole nitrogens is 1. The number of benzene rings is 2. The normalized spacial score (nSPS) is 10.9. The quantitative estimate of drug-likeness (QED) is 0.639. The number of aromatic nitrogens is 3. The number of rotatable bonds is 6. The van der Waals surface area contributed by atoms with Crippen molar-refractivity contribution < 1.29 is 9.18 Å². The van der Waals surface area contributed by atoms with Crippen molar-refractivity contribution in [1.29, 1.82) is 0 Å². The molecule has 0 aliphatic carbocycles. The Morgan fingerprint density at radius 1 is 1.07 bits per heavy atom. The minimum Gasteiger partial charge on any atom is -0.325 e. The number of hydrogen-bond donors (Lipinski definition) is 2. The van der Waals surface area contributed by atoms with E-state index in [9.17, 15) is 14.0 Å². The third-order valence-electron chi connectivity index (χ3n) is 3.40. The smallest absolute Gasteiger partial charge is 0.277 e. The topological polar surface area (TPSA) is 87.7 Å². The van der Waals surface area contributed by atoms with Gasteiger partial charge in [-0.1, -0.05) is 48.2 Å². The molecular formula is C19H15FN4O2S. The summed E-state index contributed by atoms with van der Waals surface area (Å²) in [5.41, 5.74) is 1.22. The predicted molar refractivity (Wildman–Crippen MR) is 104 cm³/mol. The molecule has 1 aromatic heterocycles. The molecule has 3 aromatic rings. The Morgan fingerprint density at radius 2 is 1.81 bits per heavy atom. The van der Waals surface area contributed by atoms with Crippen LogP contribution in [0.1, 0.15) is 11.3 Å². The van der Waals surface area contributed by atoms with E-state index in [2.05, 4.69) is 20.5 Å². The molecule has 0 unspecified atom stereocenters. The summed E-state index contributed by atoms with van der Waals surface area (Å²) in [6, 6.07) is 15.0. The predicted octanol–water partition coefficient (Wildman–Crippen LogP) is 3.21. The third-order valence-corrected chi connectivity index (χ3v) is 4.27. The fraction of sp³-hybridized carbons (Fsp3) is 0.0526. The molecule has 0 radical (unpaired) electrons. The van der Waals surface area contributed by atoms with E-state index < -0.39 is 5.56 Å². The maximum atomic E-state index is 12.8. The largest absolute Gasteiger partial charge is 0.325 e. The highest BCUT2D eigenvalue weighted by Gasteiger charge is 2.07. The molecule has 0 atom stereocenters. The summed E-state index contributed by atoms with van der Waals surface area (Å²) in [6.07, 6.45) is 3.35. The van der Waals surface area contributed by atoms with Gasteiger partial charge in [-0.05, 0) is 35.9 Å². The fourth-order valence-corrected chi connectivity index (χ4v) is 2.71. The Morgan fingerprint density at radius 3 is 2.52 bits per heavy atom. The number of aromatic amines is 1. The van der Waals surface area contributed by atoms with Crippen LogP contribution in [-0.4, -0.2) is 26.8 Å². The van der Waals surface area contributed by atoms with Crippen LogP contribution in [0.5, 0.6) is 0 Å². The van der Waals surface area contributed by atoms with Crippen LogP contribution in [0.2, 0.25) is 0 Å². The second-order valence-electron chi connectivity index (χ2n) is 5.43. The Balaban J connectivity index is 1.57. The molecule has 27 heavy (non-hydrogen) atoms. The number of carbonyl (C=O) groups is 1. The summed E-state index contributed by atoms with van der Waals surface area (Å²) in [6.45, 7) is 0. The molecule has 0 spiro atoms. The SMILES string of the molecule is O=C(CSc1nnc(/C=C/c2ccccc2)c(=O)[nH]1)Nc1ccc(F)cc1. The number of carbonyl (C=O) groups excluding carboxylic acids is 1. The number of halogens is 1. The molecule has 1 heterocycles. The second-order valence-corrected chi connectivity index (χ2v) is 6.40. The van der Waals surface area contributed by atoms with Crippen molar-refractivity contribution in [1.82, 2.24) is 15.2 Å². The standard InChI is InChI=1S/C19H15FN4O2S/c20-14-7-9-15(10-8-14)21-17(25)12-27-19-22-18(26)16(23-24-19)11-6-13-4-2-1-3-5-13/h1-11H,12H2,(H,21,25)(H,22,24,26)/b11-6+. The van der Waals surface area contributed by atoms with E-state index in [0.29, 0.717) is 5.69 Å². The molecule has 0 saturated carbocycles. The lowest BCUT2D eigenvalue weighted by atomic mass is 10.2.